The molecule has 0 aromatic heterocycles. The highest BCUT2D eigenvalue weighted by atomic mass is 79.9. The SMILES string of the molecule is CC(C)(O)CCOc1cc(Br)c2c(c1)[C@@](O)(C(F)(F)F)c1ccccc1-2.CC(C)(O)CCOc1cc(Br)c2c(c1)[C@@](O)(C(F)(F)F)c1ccccc1-2. The fourth-order valence-electron chi connectivity index (χ4n) is 6.22. The lowest BCUT2D eigenvalue weighted by Gasteiger charge is -2.28. The van der Waals surface area contributed by atoms with Crippen molar-refractivity contribution in [2.24, 2.45) is 0 Å². The van der Waals surface area contributed by atoms with Crippen LogP contribution in [0, 0.1) is 0 Å². The summed E-state index contributed by atoms with van der Waals surface area (Å²) in [6.45, 7) is 6.74. The van der Waals surface area contributed by atoms with Gasteiger partial charge in [0.05, 0.1) is 24.4 Å². The van der Waals surface area contributed by atoms with Crippen molar-refractivity contribution in [1.29, 1.82) is 0 Å². The van der Waals surface area contributed by atoms with Crippen molar-refractivity contribution in [2.45, 2.75) is 75.3 Å². The Bertz CT molecular complexity index is 1830. The molecule has 4 aromatic rings. The fourth-order valence-corrected chi connectivity index (χ4v) is 7.53. The van der Waals surface area contributed by atoms with Crippen LogP contribution in [0.3, 0.4) is 0 Å². The molecule has 0 saturated heterocycles. The van der Waals surface area contributed by atoms with Crippen LogP contribution in [0.25, 0.3) is 22.3 Å². The smallest absolute Gasteiger partial charge is 0.425 e. The number of aliphatic hydroxyl groups is 4. The minimum Gasteiger partial charge on any atom is -0.493 e. The monoisotopic (exact) mass is 860 g/mol. The number of rotatable bonds is 8. The van der Waals surface area contributed by atoms with E-state index >= 15 is 0 Å². The largest absolute Gasteiger partial charge is 0.493 e. The van der Waals surface area contributed by atoms with E-state index in [1.807, 2.05) is 0 Å². The van der Waals surface area contributed by atoms with E-state index in [-0.39, 0.29) is 47.0 Å². The van der Waals surface area contributed by atoms with Gasteiger partial charge in [0.25, 0.3) is 0 Å². The molecule has 4 aromatic carbocycles. The Balaban J connectivity index is 0.000000201. The van der Waals surface area contributed by atoms with Crippen molar-refractivity contribution >= 4 is 31.9 Å². The molecule has 0 heterocycles. The second-order valence-corrected chi connectivity index (χ2v) is 15.7. The summed E-state index contributed by atoms with van der Waals surface area (Å²) < 4.78 is 94.9. The van der Waals surface area contributed by atoms with Gasteiger partial charge in [0.15, 0.2) is 0 Å². The van der Waals surface area contributed by atoms with Gasteiger partial charge < -0.3 is 29.9 Å². The maximum atomic E-state index is 13.8. The summed E-state index contributed by atoms with van der Waals surface area (Å²) in [6, 6.07) is 17.4. The van der Waals surface area contributed by atoms with Crippen molar-refractivity contribution in [3.8, 4) is 33.8 Å². The number of hydrogen-bond acceptors (Lipinski definition) is 6. The number of halogens is 8. The van der Waals surface area contributed by atoms with Crippen LogP contribution in [0.15, 0.2) is 81.7 Å². The summed E-state index contributed by atoms with van der Waals surface area (Å²) in [5.41, 5.74) is -7.76. The predicted octanol–water partition coefficient (Wildman–Crippen LogP) is 9.53. The lowest BCUT2D eigenvalue weighted by molar-refractivity contribution is -0.247. The molecule has 6 nitrogen and oxygen atoms in total. The Labute approximate surface area is 313 Å². The van der Waals surface area contributed by atoms with E-state index in [2.05, 4.69) is 31.9 Å². The molecular weight excluding hydrogens is 826 g/mol. The van der Waals surface area contributed by atoms with Gasteiger partial charge in [-0.3, -0.25) is 0 Å². The van der Waals surface area contributed by atoms with Crippen molar-refractivity contribution in [2.75, 3.05) is 13.2 Å². The van der Waals surface area contributed by atoms with Crippen LogP contribution in [0.5, 0.6) is 11.5 Å². The molecule has 2 aliphatic rings. The molecule has 6 rings (SSSR count). The summed E-state index contributed by atoms with van der Waals surface area (Å²) in [7, 11) is 0. The van der Waals surface area contributed by atoms with Crippen LogP contribution in [-0.4, -0.2) is 57.2 Å². The Morgan fingerprint density at radius 3 is 1.19 bits per heavy atom. The molecule has 4 N–H and O–H groups in total. The third-order valence-electron chi connectivity index (χ3n) is 8.87. The first-order valence-electron chi connectivity index (χ1n) is 16.1. The number of alkyl halides is 6. The summed E-state index contributed by atoms with van der Waals surface area (Å²) in [4.78, 5) is 0. The molecule has 0 amide bonds. The van der Waals surface area contributed by atoms with Crippen molar-refractivity contribution in [3.05, 3.63) is 104 Å². The zero-order valence-electron chi connectivity index (χ0n) is 28.4. The van der Waals surface area contributed by atoms with Crippen LogP contribution in [0.4, 0.5) is 26.3 Å². The van der Waals surface area contributed by atoms with Crippen LogP contribution >= 0.6 is 31.9 Å². The first-order chi connectivity index (χ1) is 23.9. The van der Waals surface area contributed by atoms with Gasteiger partial charge >= 0.3 is 12.4 Å². The Morgan fingerprint density at radius 1 is 0.558 bits per heavy atom. The normalized spacial score (nSPS) is 19.2. The average molecular weight is 862 g/mol. The molecule has 0 saturated carbocycles. The first-order valence-corrected chi connectivity index (χ1v) is 17.6. The van der Waals surface area contributed by atoms with Gasteiger partial charge in [-0.15, -0.1) is 0 Å². The number of hydrogen-bond donors (Lipinski definition) is 4. The summed E-state index contributed by atoms with van der Waals surface area (Å²) in [5, 5.41) is 40.9. The van der Waals surface area contributed by atoms with E-state index < -0.39 is 34.8 Å². The predicted molar refractivity (Wildman–Crippen MR) is 190 cm³/mol. The summed E-state index contributed by atoms with van der Waals surface area (Å²) in [6.07, 6.45) is -9.16. The molecule has 52 heavy (non-hydrogen) atoms. The van der Waals surface area contributed by atoms with Gasteiger partial charge in [-0.1, -0.05) is 80.4 Å². The minimum atomic E-state index is -4.89. The van der Waals surface area contributed by atoms with Gasteiger partial charge in [0, 0.05) is 55.2 Å². The number of ether oxygens (including phenoxy) is 2. The first kappa shape index (κ1) is 40.1. The van der Waals surface area contributed by atoms with Crippen molar-refractivity contribution < 1.29 is 56.2 Å². The molecule has 2 atom stereocenters. The average Bonchev–Trinajstić information content (AvgIpc) is 3.44. The highest BCUT2D eigenvalue weighted by molar-refractivity contribution is 9.11. The second-order valence-electron chi connectivity index (χ2n) is 14.0. The quantitative estimate of drug-likeness (QED) is 0.132. The van der Waals surface area contributed by atoms with E-state index in [1.54, 1.807) is 64.1 Å². The van der Waals surface area contributed by atoms with Gasteiger partial charge in [0.1, 0.15) is 11.5 Å². The molecular formula is C38H36Br2F6O6. The van der Waals surface area contributed by atoms with Crippen LogP contribution < -0.4 is 9.47 Å². The number of benzene rings is 4. The number of fused-ring (bicyclic) bond motifs is 6. The highest BCUT2D eigenvalue weighted by Gasteiger charge is 2.62. The molecule has 14 heteroatoms. The molecule has 0 fully saturated rings. The standard InChI is InChI=1S/2C19H18BrF3O3/c2*1-17(2,24)7-8-26-11-9-14-16(15(20)10-11)12-5-3-4-6-13(12)18(14,25)19(21,22)23/h2*3-6,9-10,24-25H,7-8H2,1-2H3/t2*18-/m11/s1. The lowest BCUT2D eigenvalue weighted by Crippen LogP contribution is -2.41. The van der Waals surface area contributed by atoms with E-state index in [0.29, 0.717) is 44.0 Å². The van der Waals surface area contributed by atoms with Crippen molar-refractivity contribution in [1.82, 2.24) is 0 Å². The van der Waals surface area contributed by atoms with E-state index in [1.165, 1.54) is 36.4 Å². The van der Waals surface area contributed by atoms with Gasteiger partial charge in [0.2, 0.25) is 11.2 Å². The zero-order valence-corrected chi connectivity index (χ0v) is 31.6. The Hall–Kier alpha value is -3.14. The summed E-state index contributed by atoms with van der Waals surface area (Å²) in [5.74, 6) is 0.380. The van der Waals surface area contributed by atoms with Gasteiger partial charge in [-0.25, -0.2) is 0 Å². The van der Waals surface area contributed by atoms with Crippen LogP contribution in [0.2, 0.25) is 0 Å². The Kier molecular flexibility index (Phi) is 10.7. The molecule has 0 radical (unpaired) electrons. The second kappa shape index (κ2) is 13.9. The fraction of sp³-hybridized carbons (Fsp3) is 0.368. The van der Waals surface area contributed by atoms with E-state index in [9.17, 15) is 46.8 Å². The van der Waals surface area contributed by atoms with Gasteiger partial charge in [-0.05, 0) is 63.1 Å². The van der Waals surface area contributed by atoms with Crippen molar-refractivity contribution in [3.63, 3.8) is 0 Å². The van der Waals surface area contributed by atoms with E-state index in [4.69, 9.17) is 9.47 Å². The maximum absolute atomic E-state index is 13.8. The molecule has 0 unspecified atom stereocenters. The van der Waals surface area contributed by atoms with E-state index in [0.717, 1.165) is 0 Å². The molecule has 0 spiro atoms. The molecule has 0 aliphatic heterocycles. The third kappa shape index (κ3) is 7.47. The van der Waals surface area contributed by atoms with Crippen LogP contribution in [-0.2, 0) is 11.2 Å². The molecule has 2 aliphatic carbocycles. The topological polar surface area (TPSA) is 99.4 Å². The zero-order chi connectivity index (χ0) is 38.7. The lowest BCUT2D eigenvalue weighted by atomic mass is 9.90. The molecule has 280 valence electrons. The summed E-state index contributed by atoms with van der Waals surface area (Å²) >= 11 is 6.62. The van der Waals surface area contributed by atoms with Crippen LogP contribution in [0.1, 0.15) is 62.8 Å². The minimum absolute atomic E-state index is 0.131. The van der Waals surface area contributed by atoms with Gasteiger partial charge in [-0.2, -0.15) is 26.3 Å². The Morgan fingerprint density at radius 2 is 0.885 bits per heavy atom. The highest BCUT2D eigenvalue weighted by Crippen LogP contribution is 2.59. The maximum Gasteiger partial charge on any atom is 0.425 e. The molecule has 0 bridgehead atoms. The third-order valence-corrected chi connectivity index (χ3v) is 10.1.